The molecule has 0 aliphatic heterocycles. The minimum Gasteiger partial charge on any atom is -0.466 e. The molecule has 0 amide bonds. The van der Waals surface area contributed by atoms with Gasteiger partial charge in [0.2, 0.25) is 0 Å². The molecular formula is C20H34O4. The zero-order chi connectivity index (χ0) is 17.2. The van der Waals surface area contributed by atoms with Crippen molar-refractivity contribution in [1.82, 2.24) is 0 Å². The monoisotopic (exact) mass is 338 g/mol. The van der Waals surface area contributed by atoms with E-state index in [9.17, 15) is 9.59 Å². The quantitative estimate of drug-likeness (QED) is 0.605. The van der Waals surface area contributed by atoms with Crippen LogP contribution < -0.4 is 0 Å². The van der Waals surface area contributed by atoms with Gasteiger partial charge in [-0.2, -0.15) is 0 Å². The number of carbonyl (C=O) groups is 2. The standard InChI is InChI=1S/C20H34O4/c1-2-23-20(22)18(17-11-7-4-8-12-17)15-19(21)24-14-13-16-9-5-3-6-10-16/h16-18H,2-15H2,1H3. The van der Waals surface area contributed by atoms with Crippen molar-refractivity contribution < 1.29 is 19.1 Å². The highest BCUT2D eigenvalue weighted by atomic mass is 16.5. The molecule has 138 valence electrons. The summed E-state index contributed by atoms with van der Waals surface area (Å²) < 4.78 is 10.7. The van der Waals surface area contributed by atoms with Crippen LogP contribution in [0, 0.1) is 17.8 Å². The van der Waals surface area contributed by atoms with E-state index in [4.69, 9.17) is 9.47 Å². The minimum atomic E-state index is -0.313. The number of carbonyl (C=O) groups excluding carboxylic acids is 2. The van der Waals surface area contributed by atoms with Crippen LogP contribution in [0.1, 0.15) is 84.0 Å². The van der Waals surface area contributed by atoms with Gasteiger partial charge in [-0.1, -0.05) is 51.4 Å². The number of hydrogen-bond acceptors (Lipinski definition) is 4. The maximum Gasteiger partial charge on any atom is 0.309 e. The molecule has 0 aromatic carbocycles. The Bertz CT molecular complexity index is 381. The Kier molecular flexibility index (Phi) is 8.62. The Balaban J connectivity index is 1.76. The fraction of sp³-hybridized carbons (Fsp3) is 0.900. The molecule has 2 saturated carbocycles. The molecule has 4 nitrogen and oxygen atoms in total. The lowest BCUT2D eigenvalue weighted by molar-refractivity contribution is -0.157. The van der Waals surface area contributed by atoms with Gasteiger partial charge in [-0.25, -0.2) is 0 Å². The highest BCUT2D eigenvalue weighted by Gasteiger charge is 2.33. The molecular weight excluding hydrogens is 304 g/mol. The zero-order valence-electron chi connectivity index (χ0n) is 15.3. The van der Waals surface area contributed by atoms with E-state index in [1.54, 1.807) is 0 Å². The van der Waals surface area contributed by atoms with Gasteiger partial charge in [-0.05, 0) is 38.0 Å². The van der Waals surface area contributed by atoms with Crippen LogP contribution >= 0.6 is 0 Å². The van der Waals surface area contributed by atoms with Gasteiger partial charge in [0.15, 0.2) is 0 Å². The van der Waals surface area contributed by atoms with Crippen LogP contribution in [0.15, 0.2) is 0 Å². The molecule has 0 heterocycles. The summed E-state index contributed by atoms with van der Waals surface area (Å²) in [5.74, 6) is 0.241. The van der Waals surface area contributed by atoms with E-state index in [0.717, 1.165) is 32.1 Å². The van der Waals surface area contributed by atoms with Gasteiger partial charge in [-0.3, -0.25) is 9.59 Å². The van der Waals surface area contributed by atoms with E-state index in [0.29, 0.717) is 19.1 Å². The average molecular weight is 338 g/mol. The van der Waals surface area contributed by atoms with Crippen molar-refractivity contribution in [3.63, 3.8) is 0 Å². The summed E-state index contributed by atoms with van der Waals surface area (Å²) in [6.07, 6.45) is 13.3. The summed E-state index contributed by atoms with van der Waals surface area (Å²) in [7, 11) is 0. The highest BCUT2D eigenvalue weighted by molar-refractivity contribution is 5.80. The van der Waals surface area contributed by atoms with E-state index in [1.165, 1.54) is 38.5 Å². The lowest BCUT2D eigenvalue weighted by atomic mass is 9.78. The number of ether oxygens (including phenoxy) is 2. The first-order chi connectivity index (χ1) is 11.7. The van der Waals surface area contributed by atoms with Crippen LogP contribution in [0.3, 0.4) is 0 Å². The van der Waals surface area contributed by atoms with Gasteiger partial charge in [-0.15, -0.1) is 0 Å². The number of rotatable bonds is 8. The molecule has 0 spiro atoms. The maximum atomic E-state index is 12.3. The van der Waals surface area contributed by atoms with Crippen LogP contribution in [0.5, 0.6) is 0 Å². The average Bonchev–Trinajstić information content (AvgIpc) is 2.61. The molecule has 0 aromatic rings. The molecule has 0 saturated heterocycles. The molecule has 0 radical (unpaired) electrons. The summed E-state index contributed by atoms with van der Waals surface area (Å²) in [6.45, 7) is 2.70. The molecule has 4 heteroatoms. The molecule has 0 bridgehead atoms. The van der Waals surface area contributed by atoms with Crippen LogP contribution in [0.2, 0.25) is 0 Å². The Morgan fingerprint density at radius 2 is 1.54 bits per heavy atom. The van der Waals surface area contributed by atoms with Crippen molar-refractivity contribution in [3.05, 3.63) is 0 Å². The van der Waals surface area contributed by atoms with E-state index in [2.05, 4.69) is 0 Å². The largest absolute Gasteiger partial charge is 0.466 e. The van der Waals surface area contributed by atoms with Crippen molar-refractivity contribution >= 4 is 11.9 Å². The highest BCUT2D eigenvalue weighted by Crippen LogP contribution is 2.33. The molecule has 2 aliphatic rings. The first kappa shape index (κ1) is 19.3. The predicted octanol–water partition coefficient (Wildman–Crippen LogP) is 4.65. The number of hydrogen-bond donors (Lipinski definition) is 0. The van der Waals surface area contributed by atoms with Gasteiger partial charge >= 0.3 is 11.9 Å². The van der Waals surface area contributed by atoms with Crippen LogP contribution in [-0.4, -0.2) is 25.2 Å². The minimum absolute atomic E-state index is 0.189. The smallest absolute Gasteiger partial charge is 0.309 e. The van der Waals surface area contributed by atoms with Crippen molar-refractivity contribution in [2.45, 2.75) is 84.0 Å². The number of esters is 2. The van der Waals surface area contributed by atoms with Crippen LogP contribution in [0.4, 0.5) is 0 Å². The van der Waals surface area contributed by atoms with E-state index < -0.39 is 0 Å². The van der Waals surface area contributed by atoms with Crippen LogP contribution in [-0.2, 0) is 19.1 Å². The van der Waals surface area contributed by atoms with E-state index in [-0.39, 0.29) is 30.2 Å². The van der Waals surface area contributed by atoms with Crippen molar-refractivity contribution in [3.8, 4) is 0 Å². The zero-order valence-corrected chi connectivity index (χ0v) is 15.3. The summed E-state index contributed by atoms with van der Waals surface area (Å²) in [5.41, 5.74) is 0. The third-order valence-electron chi connectivity index (χ3n) is 5.71. The molecule has 2 fully saturated rings. The third kappa shape index (κ3) is 6.45. The normalized spacial score (nSPS) is 21.2. The summed E-state index contributed by atoms with van der Waals surface area (Å²) in [4.78, 5) is 24.5. The molecule has 24 heavy (non-hydrogen) atoms. The molecule has 1 unspecified atom stereocenters. The molecule has 1 atom stereocenters. The maximum absolute atomic E-state index is 12.3. The molecule has 2 rings (SSSR count). The van der Waals surface area contributed by atoms with Gasteiger partial charge in [0, 0.05) is 0 Å². The van der Waals surface area contributed by atoms with Crippen molar-refractivity contribution in [2.24, 2.45) is 17.8 Å². The molecule has 2 aliphatic carbocycles. The van der Waals surface area contributed by atoms with Crippen LogP contribution in [0.25, 0.3) is 0 Å². The summed E-state index contributed by atoms with van der Waals surface area (Å²) in [5, 5.41) is 0. The van der Waals surface area contributed by atoms with E-state index in [1.807, 2.05) is 6.92 Å². The second kappa shape index (κ2) is 10.7. The summed E-state index contributed by atoms with van der Waals surface area (Å²) >= 11 is 0. The fourth-order valence-corrected chi connectivity index (χ4v) is 4.28. The first-order valence-electron chi connectivity index (χ1n) is 10.0. The van der Waals surface area contributed by atoms with Crippen molar-refractivity contribution in [2.75, 3.05) is 13.2 Å². The topological polar surface area (TPSA) is 52.6 Å². The second-order valence-corrected chi connectivity index (χ2v) is 7.47. The van der Waals surface area contributed by atoms with Gasteiger partial charge in [0.25, 0.3) is 0 Å². The lowest BCUT2D eigenvalue weighted by Crippen LogP contribution is -2.30. The predicted molar refractivity (Wildman–Crippen MR) is 93.5 cm³/mol. The van der Waals surface area contributed by atoms with Crippen molar-refractivity contribution in [1.29, 1.82) is 0 Å². The van der Waals surface area contributed by atoms with E-state index >= 15 is 0 Å². The Morgan fingerprint density at radius 3 is 2.17 bits per heavy atom. The molecule has 0 aromatic heterocycles. The Hall–Kier alpha value is -1.06. The summed E-state index contributed by atoms with van der Waals surface area (Å²) in [6, 6.07) is 0. The lowest BCUT2D eigenvalue weighted by Gasteiger charge is -2.28. The second-order valence-electron chi connectivity index (χ2n) is 7.47. The molecule has 0 N–H and O–H groups in total. The third-order valence-corrected chi connectivity index (χ3v) is 5.71. The van der Waals surface area contributed by atoms with Gasteiger partial charge in [0.1, 0.15) is 0 Å². The first-order valence-corrected chi connectivity index (χ1v) is 10.0. The van der Waals surface area contributed by atoms with Gasteiger partial charge < -0.3 is 9.47 Å². The Labute approximate surface area is 146 Å². The fourth-order valence-electron chi connectivity index (χ4n) is 4.28. The SMILES string of the molecule is CCOC(=O)C(CC(=O)OCCC1CCCCC1)C1CCCCC1. The Morgan fingerprint density at radius 1 is 0.917 bits per heavy atom. The van der Waals surface area contributed by atoms with Gasteiger partial charge in [0.05, 0.1) is 25.6 Å².